The number of Topliss-reactive ketones (excluding diaryl/α,β-unsaturated/α-hetero) is 1. The van der Waals surface area contributed by atoms with E-state index in [1.165, 1.54) is 6.08 Å². The van der Waals surface area contributed by atoms with E-state index in [1.807, 2.05) is 31.2 Å². The van der Waals surface area contributed by atoms with Gasteiger partial charge in [0.25, 0.3) is 0 Å². The zero-order chi connectivity index (χ0) is 39.2. The van der Waals surface area contributed by atoms with Crippen molar-refractivity contribution in [1.82, 2.24) is 0 Å². The number of esters is 1. The van der Waals surface area contributed by atoms with Crippen molar-refractivity contribution >= 4 is 43.0 Å². The zero-order valence-electron chi connectivity index (χ0n) is 34.9. The van der Waals surface area contributed by atoms with Crippen LogP contribution in [0.3, 0.4) is 0 Å². The van der Waals surface area contributed by atoms with Gasteiger partial charge in [0, 0.05) is 24.8 Å². The molecule has 288 valence electrons. The number of rotatable bonds is 21. The minimum absolute atomic E-state index is 0.0112. The van der Waals surface area contributed by atoms with Crippen molar-refractivity contribution in [3.63, 3.8) is 0 Å². The molecule has 0 radical (unpaired) electrons. The first-order valence-corrected chi connectivity index (χ1v) is 27.2. The molecule has 0 bridgehead atoms. The van der Waals surface area contributed by atoms with Gasteiger partial charge in [-0.15, -0.1) is 0 Å². The zero-order valence-corrected chi connectivity index (χ0v) is 37.9. The van der Waals surface area contributed by atoms with Gasteiger partial charge in [0.05, 0.1) is 24.9 Å². The number of hydrogen-bond acceptors (Lipinski definition) is 7. The maximum Gasteiger partial charge on any atom is 0.330 e. The summed E-state index contributed by atoms with van der Waals surface area (Å²) in [7, 11) is -6.64. The number of allylic oxidation sites excluding steroid dienone is 6. The topological polar surface area (TPSA) is 88.1 Å². The molecule has 0 rings (SSSR count). The first kappa shape index (κ1) is 48.3. The van der Waals surface area contributed by atoms with Crippen LogP contribution >= 0.6 is 0 Å². The van der Waals surface area contributed by atoms with Gasteiger partial charge < -0.3 is 22.8 Å². The Hall–Kier alpha value is -1.70. The van der Waals surface area contributed by atoms with Crippen molar-refractivity contribution in [2.75, 3.05) is 6.61 Å². The second-order valence-corrected chi connectivity index (χ2v) is 32.3. The van der Waals surface area contributed by atoms with Crippen LogP contribution in [-0.2, 0) is 32.4 Å². The molecular formula is C40H74O7Si3. The van der Waals surface area contributed by atoms with E-state index in [4.69, 9.17) is 18.0 Å². The Morgan fingerprint density at radius 3 is 1.54 bits per heavy atom. The molecule has 10 heteroatoms. The average molecular weight is 751 g/mol. The van der Waals surface area contributed by atoms with Gasteiger partial charge in [0.2, 0.25) is 0 Å². The predicted octanol–water partition coefficient (Wildman–Crippen LogP) is 10.9. The summed E-state index contributed by atoms with van der Waals surface area (Å²) in [5, 5.41) is -0.0711. The van der Waals surface area contributed by atoms with Crippen LogP contribution in [0.2, 0.25) is 54.4 Å². The van der Waals surface area contributed by atoms with E-state index in [0.717, 1.165) is 6.29 Å². The van der Waals surface area contributed by atoms with Crippen LogP contribution in [0.5, 0.6) is 0 Å². The highest BCUT2D eigenvalue weighted by Gasteiger charge is 2.44. The number of hydrogen-bond donors (Lipinski definition) is 0. The molecule has 0 saturated heterocycles. The van der Waals surface area contributed by atoms with E-state index in [9.17, 15) is 14.4 Å². The minimum atomic E-state index is -2.26. The second kappa shape index (κ2) is 20.5. The lowest BCUT2D eigenvalue weighted by molar-refractivity contribution is -0.137. The van der Waals surface area contributed by atoms with Crippen LogP contribution in [0.4, 0.5) is 0 Å². The van der Waals surface area contributed by atoms with E-state index in [1.54, 1.807) is 19.1 Å². The van der Waals surface area contributed by atoms with Gasteiger partial charge in [-0.2, -0.15) is 0 Å². The lowest BCUT2D eigenvalue weighted by Crippen LogP contribution is -2.49. The van der Waals surface area contributed by atoms with Crippen LogP contribution in [0.15, 0.2) is 48.6 Å². The standard InChI is InChI=1S/C40H74O7Si3/c1-18-44-37(43)27-25-23-21-19-20-22-24-26-36(47-50(16,17)40(9,10)11)32(2)35(42)31-34(46-49(14,15)39(6,7)8)30-33(28-29-41)45-48(12,13)38(3,4)5/h19-25,27,29,32-34,36H,18,26,28,30-31H2,1-17H3/b20-19+,23-21+,24-22+,27-25+/t32-,33+,34+,36-/m0/s1. The minimum Gasteiger partial charge on any atom is -0.463 e. The second-order valence-electron chi connectivity index (χ2n) is 18.1. The third-order valence-electron chi connectivity index (χ3n) is 10.7. The van der Waals surface area contributed by atoms with Crippen molar-refractivity contribution in [3.8, 4) is 0 Å². The van der Waals surface area contributed by atoms with Gasteiger partial charge in [-0.3, -0.25) is 4.79 Å². The van der Waals surface area contributed by atoms with Crippen LogP contribution in [0.25, 0.3) is 0 Å². The molecule has 0 amide bonds. The molecule has 0 saturated carbocycles. The maximum absolute atomic E-state index is 14.3. The van der Waals surface area contributed by atoms with Crippen LogP contribution < -0.4 is 0 Å². The predicted molar refractivity (Wildman–Crippen MR) is 218 cm³/mol. The fourth-order valence-corrected chi connectivity index (χ4v) is 8.51. The van der Waals surface area contributed by atoms with E-state index in [-0.39, 0.29) is 63.9 Å². The van der Waals surface area contributed by atoms with Gasteiger partial charge in [0.1, 0.15) is 12.1 Å². The number of ether oxygens (including phenoxy) is 1. The highest BCUT2D eigenvalue weighted by atomic mass is 28.4. The molecule has 0 aromatic carbocycles. The Labute approximate surface area is 310 Å². The molecule has 7 nitrogen and oxygen atoms in total. The summed E-state index contributed by atoms with van der Waals surface area (Å²) in [5.74, 6) is -0.618. The van der Waals surface area contributed by atoms with Gasteiger partial charge in [0.15, 0.2) is 25.0 Å². The fourth-order valence-electron chi connectivity index (χ4n) is 4.35. The van der Waals surface area contributed by atoms with Crippen LogP contribution in [-0.4, -0.2) is 67.9 Å². The molecule has 0 spiro atoms. The fraction of sp³-hybridized carbons (Fsp3) is 0.725. The van der Waals surface area contributed by atoms with Gasteiger partial charge in [-0.25, -0.2) is 4.79 Å². The number of carbonyl (C=O) groups excluding carboxylic acids is 3. The molecule has 0 unspecified atom stereocenters. The quantitative estimate of drug-likeness (QED) is 0.0379. The van der Waals surface area contributed by atoms with Crippen LogP contribution in [0, 0.1) is 5.92 Å². The Bertz CT molecular complexity index is 1180. The monoisotopic (exact) mass is 750 g/mol. The van der Waals surface area contributed by atoms with Crippen molar-refractivity contribution in [2.45, 2.75) is 175 Å². The molecule has 4 atom stereocenters. The molecule has 0 aromatic heterocycles. The summed E-state index contributed by atoms with van der Waals surface area (Å²) in [6.07, 6.45) is 16.0. The molecule has 0 fully saturated rings. The van der Waals surface area contributed by atoms with Crippen molar-refractivity contribution < 1.29 is 32.4 Å². The Kier molecular flexibility index (Phi) is 19.8. The summed E-state index contributed by atoms with van der Waals surface area (Å²) in [5.41, 5.74) is 0. The normalized spacial score (nSPS) is 16.7. The van der Waals surface area contributed by atoms with Crippen molar-refractivity contribution in [2.24, 2.45) is 5.92 Å². The molecule has 50 heavy (non-hydrogen) atoms. The Balaban J connectivity index is 6.30. The van der Waals surface area contributed by atoms with Crippen LogP contribution in [0.1, 0.15) is 102 Å². The highest BCUT2D eigenvalue weighted by molar-refractivity contribution is 6.75. The molecule has 0 N–H and O–H groups in total. The summed E-state index contributed by atoms with van der Waals surface area (Å²) < 4.78 is 25.5. The largest absolute Gasteiger partial charge is 0.463 e. The first-order chi connectivity index (χ1) is 22.6. The molecule has 0 aliphatic heterocycles. The van der Waals surface area contributed by atoms with Crippen molar-refractivity contribution in [3.05, 3.63) is 48.6 Å². The highest BCUT2D eigenvalue weighted by Crippen LogP contribution is 2.42. The average Bonchev–Trinajstić information content (AvgIpc) is 2.93. The Morgan fingerprint density at radius 2 is 1.08 bits per heavy atom. The number of aldehydes is 1. The lowest BCUT2D eigenvalue weighted by Gasteiger charge is -2.43. The maximum atomic E-state index is 14.3. The molecule has 0 heterocycles. The van der Waals surface area contributed by atoms with E-state index in [0.29, 0.717) is 19.4 Å². The first-order valence-electron chi connectivity index (χ1n) is 18.4. The summed E-state index contributed by atoms with van der Waals surface area (Å²) in [6, 6.07) is 0. The van der Waals surface area contributed by atoms with E-state index < -0.39 is 25.0 Å². The van der Waals surface area contributed by atoms with Gasteiger partial charge in [-0.05, 0) is 74.2 Å². The summed E-state index contributed by atoms with van der Waals surface area (Å²) in [4.78, 5) is 37.5. The SMILES string of the molecule is CCOC(=O)/C=C/C=C/C=C/C=C/C[C@H](O[Si](C)(C)C(C)(C)C)[C@@H](C)C(=O)C[C@@H](C[C@@H](CC=O)O[Si](C)(C)C(C)(C)C)O[Si](C)(C)C(C)(C)C. The third-order valence-corrected chi connectivity index (χ3v) is 24.3. The molecule has 0 aromatic rings. The molecule has 0 aliphatic carbocycles. The number of ketones is 1. The Morgan fingerprint density at radius 1 is 0.640 bits per heavy atom. The summed E-state index contributed by atoms with van der Waals surface area (Å²) >= 11 is 0. The van der Waals surface area contributed by atoms with E-state index in [2.05, 4.69) is 108 Å². The van der Waals surface area contributed by atoms with E-state index >= 15 is 0 Å². The molecular weight excluding hydrogens is 677 g/mol. The summed E-state index contributed by atoms with van der Waals surface area (Å²) in [6.45, 7) is 37.2. The van der Waals surface area contributed by atoms with Gasteiger partial charge in [-0.1, -0.05) is 112 Å². The van der Waals surface area contributed by atoms with Crippen molar-refractivity contribution in [1.29, 1.82) is 0 Å². The number of carbonyl (C=O) groups is 3. The smallest absolute Gasteiger partial charge is 0.330 e. The lowest BCUT2D eigenvalue weighted by atomic mass is 9.92. The third kappa shape index (κ3) is 17.2. The molecule has 0 aliphatic rings. The van der Waals surface area contributed by atoms with Gasteiger partial charge >= 0.3 is 5.97 Å².